The number of carbonyl (C=O) groups is 1. The maximum Gasteiger partial charge on any atom is 0.256 e. The molecule has 2 heterocycles. The first kappa shape index (κ1) is 17.5. The number of piperidine rings is 1. The van der Waals surface area contributed by atoms with Crippen LogP contribution in [0.25, 0.3) is 10.9 Å². The van der Waals surface area contributed by atoms with E-state index in [0.717, 1.165) is 30.3 Å². The van der Waals surface area contributed by atoms with Gasteiger partial charge in [0.1, 0.15) is 11.6 Å². The maximum atomic E-state index is 13.3. The number of carbonyl (C=O) groups excluding carboxylic acids is 1. The summed E-state index contributed by atoms with van der Waals surface area (Å²) in [6.07, 6.45) is 3.64. The fraction of sp³-hybridized carbons (Fsp3) is 0.273. The van der Waals surface area contributed by atoms with Crippen molar-refractivity contribution in [2.24, 2.45) is 5.92 Å². The standard InChI is InChI=1S/C22H21FN2O2/c23-18-8-2-9-19(13-18)27-15-16-5-4-12-25(14-16)22(26)20-10-1-6-17-7-3-11-24-21(17)20/h1-3,6-11,13,16H,4-5,12,14-15H2/t16-/m0/s1. The van der Waals surface area contributed by atoms with Crippen LogP contribution in [0.15, 0.2) is 60.8 Å². The van der Waals surface area contributed by atoms with Crippen LogP contribution in [-0.4, -0.2) is 35.5 Å². The topological polar surface area (TPSA) is 42.4 Å². The summed E-state index contributed by atoms with van der Waals surface area (Å²) in [6, 6.07) is 15.7. The summed E-state index contributed by atoms with van der Waals surface area (Å²) in [4.78, 5) is 19.3. The Balaban J connectivity index is 1.45. The Hall–Kier alpha value is -2.95. The van der Waals surface area contributed by atoms with Gasteiger partial charge >= 0.3 is 0 Å². The number of rotatable bonds is 4. The molecule has 27 heavy (non-hydrogen) atoms. The molecule has 2 aromatic carbocycles. The Labute approximate surface area is 157 Å². The number of para-hydroxylation sites is 1. The summed E-state index contributed by atoms with van der Waals surface area (Å²) in [7, 11) is 0. The highest BCUT2D eigenvalue weighted by atomic mass is 19.1. The molecule has 1 fully saturated rings. The third-order valence-corrected chi connectivity index (χ3v) is 4.95. The number of likely N-dealkylation sites (tertiary alicyclic amines) is 1. The van der Waals surface area contributed by atoms with E-state index in [4.69, 9.17) is 4.74 Å². The molecule has 5 heteroatoms. The first-order chi connectivity index (χ1) is 13.2. The predicted molar refractivity (Wildman–Crippen MR) is 102 cm³/mol. The second-order valence-corrected chi connectivity index (χ2v) is 6.91. The van der Waals surface area contributed by atoms with Crippen molar-refractivity contribution in [3.8, 4) is 5.75 Å². The summed E-state index contributed by atoms with van der Waals surface area (Å²) in [5.41, 5.74) is 1.38. The molecule has 4 rings (SSSR count). The lowest BCUT2D eigenvalue weighted by atomic mass is 9.98. The van der Waals surface area contributed by atoms with E-state index in [1.807, 2.05) is 35.2 Å². The molecule has 1 aliphatic rings. The smallest absolute Gasteiger partial charge is 0.256 e. The second kappa shape index (κ2) is 7.74. The first-order valence-corrected chi connectivity index (χ1v) is 9.22. The van der Waals surface area contributed by atoms with Gasteiger partial charge in [-0.3, -0.25) is 9.78 Å². The van der Waals surface area contributed by atoms with E-state index in [1.54, 1.807) is 18.3 Å². The average Bonchev–Trinajstić information content (AvgIpc) is 2.71. The van der Waals surface area contributed by atoms with Crippen LogP contribution in [0.5, 0.6) is 5.75 Å². The van der Waals surface area contributed by atoms with E-state index in [1.165, 1.54) is 12.1 Å². The monoisotopic (exact) mass is 364 g/mol. The number of hydrogen-bond donors (Lipinski definition) is 0. The van der Waals surface area contributed by atoms with Crippen LogP contribution in [0.1, 0.15) is 23.2 Å². The number of aromatic nitrogens is 1. The number of hydrogen-bond acceptors (Lipinski definition) is 3. The minimum absolute atomic E-state index is 0.00903. The Morgan fingerprint density at radius 1 is 1.19 bits per heavy atom. The fourth-order valence-electron chi connectivity index (χ4n) is 3.60. The number of ether oxygens (including phenoxy) is 1. The van der Waals surface area contributed by atoms with Crippen molar-refractivity contribution >= 4 is 16.8 Å². The Bertz CT molecular complexity index is 954. The van der Waals surface area contributed by atoms with Gasteiger partial charge < -0.3 is 9.64 Å². The van der Waals surface area contributed by atoms with Crippen molar-refractivity contribution in [3.05, 3.63) is 72.2 Å². The summed E-state index contributed by atoms with van der Waals surface area (Å²) in [5.74, 6) is 0.455. The molecule has 1 aliphatic heterocycles. The third-order valence-electron chi connectivity index (χ3n) is 4.95. The molecular formula is C22H21FN2O2. The van der Waals surface area contributed by atoms with Crippen molar-refractivity contribution in [2.75, 3.05) is 19.7 Å². The lowest BCUT2D eigenvalue weighted by molar-refractivity contribution is 0.0635. The van der Waals surface area contributed by atoms with Crippen LogP contribution >= 0.6 is 0 Å². The van der Waals surface area contributed by atoms with Crippen molar-refractivity contribution in [2.45, 2.75) is 12.8 Å². The van der Waals surface area contributed by atoms with E-state index in [9.17, 15) is 9.18 Å². The van der Waals surface area contributed by atoms with Crippen molar-refractivity contribution in [1.82, 2.24) is 9.88 Å². The van der Waals surface area contributed by atoms with Crippen LogP contribution in [-0.2, 0) is 0 Å². The second-order valence-electron chi connectivity index (χ2n) is 6.91. The van der Waals surface area contributed by atoms with Crippen LogP contribution in [0, 0.1) is 11.7 Å². The van der Waals surface area contributed by atoms with Crippen molar-refractivity contribution < 1.29 is 13.9 Å². The molecule has 0 saturated carbocycles. The highest BCUT2D eigenvalue weighted by molar-refractivity contribution is 6.05. The van der Waals surface area contributed by atoms with Gasteiger partial charge in [-0.05, 0) is 37.1 Å². The van der Waals surface area contributed by atoms with Gasteiger partial charge in [0.2, 0.25) is 0 Å². The summed E-state index contributed by atoms with van der Waals surface area (Å²) in [5, 5.41) is 0.964. The molecule has 1 amide bonds. The molecule has 4 nitrogen and oxygen atoms in total. The zero-order valence-electron chi connectivity index (χ0n) is 15.0. The molecular weight excluding hydrogens is 343 g/mol. The predicted octanol–water partition coefficient (Wildman–Crippen LogP) is 4.31. The van der Waals surface area contributed by atoms with E-state index >= 15 is 0 Å². The maximum absolute atomic E-state index is 13.3. The number of fused-ring (bicyclic) bond motifs is 1. The average molecular weight is 364 g/mol. The van der Waals surface area contributed by atoms with Gasteiger partial charge in [-0.25, -0.2) is 4.39 Å². The molecule has 138 valence electrons. The van der Waals surface area contributed by atoms with Crippen LogP contribution in [0.3, 0.4) is 0 Å². The van der Waals surface area contributed by atoms with Crippen LogP contribution in [0.2, 0.25) is 0 Å². The lowest BCUT2D eigenvalue weighted by Crippen LogP contribution is -2.41. The minimum Gasteiger partial charge on any atom is -0.493 e. The molecule has 0 bridgehead atoms. The van der Waals surface area contributed by atoms with Crippen molar-refractivity contribution in [1.29, 1.82) is 0 Å². The van der Waals surface area contributed by atoms with Gasteiger partial charge in [-0.1, -0.05) is 24.3 Å². The van der Waals surface area contributed by atoms with Crippen LogP contribution < -0.4 is 4.74 Å². The quantitative estimate of drug-likeness (QED) is 0.693. The summed E-state index contributed by atoms with van der Waals surface area (Å²) < 4.78 is 19.0. The Morgan fingerprint density at radius 2 is 2.04 bits per heavy atom. The van der Waals surface area contributed by atoms with Crippen LogP contribution in [0.4, 0.5) is 4.39 Å². The lowest BCUT2D eigenvalue weighted by Gasteiger charge is -2.32. The normalized spacial score (nSPS) is 17.1. The van der Waals surface area contributed by atoms with Gasteiger partial charge in [0.25, 0.3) is 5.91 Å². The fourth-order valence-corrected chi connectivity index (χ4v) is 3.60. The highest BCUT2D eigenvalue weighted by Crippen LogP contribution is 2.23. The third kappa shape index (κ3) is 3.92. The first-order valence-electron chi connectivity index (χ1n) is 9.22. The van der Waals surface area contributed by atoms with Gasteiger partial charge in [-0.2, -0.15) is 0 Å². The molecule has 0 N–H and O–H groups in total. The van der Waals surface area contributed by atoms with Gasteiger partial charge in [0.05, 0.1) is 17.7 Å². The number of halogens is 1. The van der Waals surface area contributed by atoms with E-state index < -0.39 is 0 Å². The molecule has 1 saturated heterocycles. The number of amides is 1. The van der Waals surface area contributed by atoms with Gasteiger partial charge in [0, 0.05) is 36.7 Å². The molecule has 1 aromatic heterocycles. The largest absolute Gasteiger partial charge is 0.493 e. The SMILES string of the molecule is O=C(c1cccc2cccnc12)N1CCC[C@H](COc2cccc(F)c2)C1. The Kier molecular flexibility index (Phi) is 5.01. The minimum atomic E-state index is -0.309. The van der Waals surface area contributed by atoms with Gasteiger partial charge in [-0.15, -0.1) is 0 Å². The molecule has 0 unspecified atom stereocenters. The van der Waals surface area contributed by atoms with Crippen molar-refractivity contribution in [3.63, 3.8) is 0 Å². The number of nitrogens with zero attached hydrogens (tertiary/aromatic N) is 2. The summed E-state index contributed by atoms with van der Waals surface area (Å²) >= 11 is 0. The van der Waals surface area contributed by atoms with E-state index in [0.29, 0.717) is 24.5 Å². The highest BCUT2D eigenvalue weighted by Gasteiger charge is 2.26. The zero-order valence-corrected chi connectivity index (χ0v) is 15.0. The molecule has 1 atom stereocenters. The number of pyridine rings is 1. The van der Waals surface area contributed by atoms with Gasteiger partial charge in [0.15, 0.2) is 0 Å². The summed E-state index contributed by atoms with van der Waals surface area (Å²) in [6.45, 7) is 1.84. The Morgan fingerprint density at radius 3 is 2.93 bits per heavy atom. The molecule has 0 radical (unpaired) electrons. The number of benzene rings is 2. The zero-order chi connectivity index (χ0) is 18.6. The molecule has 0 spiro atoms. The van der Waals surface area contributed by atoms with E-state index in [-0.39, 0.29) is 17.6 Å². The molecule has 0 aliphatic carbocycles. The molecule has 3 aromatic rings. The van der Waals surface area contributed by atoms with E-state index in [2.05, 4.69) is 4.98 Å².